The Labute approximate surface area is 175 Å². The largest absolute Gasteiger partial charge is 0.350 e. The zero-order valence-corrected chi connectivity index (χ0v) is 18.4. The van der Waals surface area contributed by atoms with Crippen LogP contribution in [0.15, 0.2) is 23.6 Å². The first-order chi connectivity index (χ1) is 13.9. The van der Waals surface area contributed by atoms with Crippen molar-refractivity contribution in [2.24, 2.45) is 13.0 Å². The molecule has 0 spiro atoms. The summed E-state index contributed by atoms with van der Waals surface area (Å²) >= 11 is 1.62. The quantitative estimate of drug-likeness (QED) is 0.693. The van der Waals surface area contributed by atoms with Crippen molar-refractivity contribution in [3.63, 3.8) is 0 Å². The highest BCUT2D eigenvalue weighted by Crippen LogP contribution is 2.29. The molecule has 29 heavy (non-hydrogen) atoms. The average molecular weight is 412 g/mol. The summed E-state index contributed by atoms with van der Waals surface area (Å²) in [5.41, 5.74) is 3.05. The Morgan fingerprint density at radius 2 is 2.28 bits per heavy atom. The molecule has 154 valence electrons. The molecule has 1 fully saturated rings. The lowest BCUT2D eigenvalue weighted by atomic mass is 9.99. The predicted molar refractivity (Wildman–Crippen MR) is 118 cm³/mol. The number of aryl methyl sites for hydroxylation is 2. The van der Waals surface area contributed by atoms with Gasteiger partial charge >= 0.3 is 0 Å². The van der Waals surface area contributed by atoms with Gasteiger partial charge in [0.1, 0.15) is 0 Å². The average Bonchev–Trinajstić information content (AvgIpc) is 3.34. The number of thiophene rings is 1. The molecule has 1 aliphatic heterocycles. The van der Waals surface area contributed by atoms with Crippen LogP contribution in [0.1, 0.15) is 42.7 Å². The number of aromatic nitrogens is 3. The molecule has 4 heterocycles. The molecule has 6 nitrogen and oxygen atoms in total. The van der Waals surface area contributed by atoms with E-state index in [4.69, 9.17) is 4.98 Å². The smallest absolute Gasteiger partial charge is 0.252 e. The molecule has 1 N–H and O–H groups in total. The zero-order chi connectivity index (χ0) is 20.5. The van der Waals surface area contributed by atoms with Crippen molar-refractivity contribution in [2.45, 2.75) is 39.7 Å². The lowest BCUT2D eigenvalue weighted by molar-refractivity contribution is 0.0919. The van der Waals surface area contributed by atoms with Crippen LogP contribution < -0.4 is 5.32 Å². The molecule has 1 saturated heterocycles. The van der Waals surface area contributed by atoms with E-state index < -0.39 is 0 Å². The first kappa shape index (κ1) is 20.0. The number of rotatable bonds is 5. The summed E-state index contributed by atoms with van der Waals surface area (Å²) in [4.78, 5) is 21.5. The second-order valence-electron chi connectivity index (χ2n) is 8.24. The molecule has 3 aromatic heterocycles. The van der Waals surface area contributed by atoms with Crippen molar-refractivity contribution in [3.05, 3.63) is 34.8 Å². The van der Waals surface area contributed by atoms with Crippen molar-refractivity contribution >= 4 is 28.3 Å². The number of pyridine rings is 1. The van der Waals surface area contributed by atoms with Crippen molar-refractivity contribution in [1.29, 1.82) is 0 Å². The van der Waals surface area contributed by atoms with Crippen LogP contribution in [0.4, 0.5) is 0 Å². The molecule has 0 aromatic carbocycles. The van der Waals surface area contributed by atoms with Gasteiger partial charge in [-0.25, -0.2) is 4.98 Å². The van der Waals surface area contributed by atoms with Crippen LogP contribution >= 0.6 is 11.3 Å². The molecule has 0 bridgehead atoms. The number of nitrogens with zero attached hydrogens (tertiary/aromatic N) is 4. The lowest BCUT2D eigenvalue weighted by Crippen LogP contribution is -2.46. The minimum atomic E-state index is -0.0526. The standard InChI is InChI=1S/C22H29N5OS/c1-14-7-5-9-27(13-14)15(2)12-23-22(28)17-11-18(19-8-6-10-29-19)24-21-20(17)16(3)25-26(21)4/h6,8,10-11,14-15H,5,7,9,12-13H2,1-4H3,(H,23,28). The molecule has 0 aliphatic carbocycles. The molecule has 0 saturated carbocycles. The fourth-order valence-electron chi connectivity index (χ4n) is 4.27. The third-order valence-corrected chi connectivity index (χ3v) is 6.75. The van der Waals surface area contributed by atoms with Gasteiger partial charge < -0.3 is 5.32 Å². The van der Waals surface area contributed by atoms with Crippen LogP contribution in [-0.2, 0) is 7.05 Å². The topological polar surface area (TPSA) is 63.1 Å². The number of fused-ring (bicyclic) bond motifs is 1. The summed E-state index contributed by atoms with van der Waals surface area (Å²) in [6.07, 6.45) is 2.54. The van der Waals surface area contributed by atoms with E-state index in [0.717, 1.165) is 46.3 Å². The third-order valence-electron chi connectivity index (χ3n) is 5.86. The van der Waals surface area contributed by atoms with Crippen molar-refractivity contribution in [2.75, 3.05) is 19.6 Å². The predicted octanol–water partition coefficient (Wildman–Crippen LogP) is 3.86. The summed E-state index contributed by atoms with van der Waals surface area (Å²) in [7, 11) is 1.88. The second-order valence-corrected chi connectivity index (χ2v) is 9.19. The van der Waals surface area contributed by atoms with Gasteiger partial charge in [-0.2, -0.15) is 5.10 Å². The van der Waals surface area contributed by atoms with E-state index in [2.05, 4.69) is 29.2 Å². The molecule has 1 amide bonds. The van der Waals surface area contributed by atoms with Gasteiger partial charge in [-0.05, 0) is 56.7 Å². The second kappa shape index (κ2) is 8.24. The minimum Gasteiger partial charge on any atom is -0.350 e. The Kier molecular flexibility index (Phi) is 5.69. The number of carbonyl (C=O) groups excluding carboxylic acids is 1. The molecular weight excluding hydrogens is 382 g/mol. The van der Waals surface area contributed by atoms with Crippen LogP contribution in [0, 0.1) is 12.8 Å². The van der Waals surface area contributed by atoms with Crippen molar-refractivity contribution in [3.8, 4) is 10.6 Å². The Hall–Kier alpha value is -2.25. The van der Waals surface area contributed by atoms with Crippen LogP contribution in [-0.4, -0.2) is 51.2 Å². The third kappa shape index (κ3) is 4.07. The van der Waals surface area contributed by atoms with Gasteiger partial charge in [0.25, 0.3) is 5.91 Å². The molecule has 7 heteroatoms. The van der Waals surface area contributed by atoms with E-state index in [1.807, 2.05) is 37.6 Å². The fourth-order valence-corrected chi connectivity index (χ4v) is 4.95. The summed E-state index contributed by atoms with van der Waals surface area (Å²) in [5.74, 6) is 0.677. The van der Waals surface area contributed by atoms with E-state index in [9.17, 15) is 4.79 Å². The SMILES string of the molecule is Cc1nn(C)c2nc(-c3cccs3)cc(C(=O)NCC(C)N3CCCC(C)C3)c12. The lowest BCUT2D eigenvalue weighted by Gasteiger charge is -2.35. The maximum absolute atomic E-state index is 13.2. The van der Waals surface area contributed by atoms with Gasteiger partial charge in [0.15, 0.2) is 5.65 Å². The normalized spacial score (nSPS) is 18.8. The molecule has 2 atom stereocenters. The van der Waals surface area contributed by atoms with Crippen LogP contribution in [0.5, 0.6) is 0 Å². The monoisotopic (exact) mass is 411 g/mol. The van der Waals surface area contributed by atoms with E-state index >= 15 is 0 Å². The van der Waals surface area contributed by atoms with Crippen LogP contribution in [0.3, 0.4) is 0 Å². The highest BCUT2D eigenvalue weighted by Gasteiger charge is 2.23. The Morgan fingerprint density at radius 1 is 1.45 bits per heavy atom. The van der Waals surface area contributed by atoms with Gasteiger partial charge in [-0.1, -0.05) is 13.0 Å². The Balaban J connectivity index is 1.59. The molecule has 1 aliphatic rings. The fraction of sp³-hybridized carbons (Fsp3) is 0.500. The maximum atomic E-state index is 13.2. The van der Waals surface area contributed by atoms with Gasteiger partial charge in [-0.15, -0.1) is 11.3 Å². The summed E-state index contributed by atoms with van der Waals surface area (Å²) in [6, 6.07) is 6.27. The first-order valence-corrected chi connectivity index (χ1v) is 11.2. The molecule has 2 unspecified atom stereocenters. The van der Waals surface area contributed by atoms with Gasteiger partial charge in [0.05, 0.1) is 27.2 Å². The number of hydrogen-bond acceptors (Lipinski definition) is 5. The summed E-state index contributed by atoms with van der Waals surface area (Å²) in [6.45, 7) is 9.31. The Morgan fingerprint density at radius 3 is 3.00 bits per heavy atom. The van der Waals surface area contributed by atoms with Crippen LogP contribution in [0.25, 0.3) is 21.6 Å². The maximum Gasteiger partial charge on any atom is 0.252 e. The number of carbonyl (C=O) groups is 1. The van der Waals surface area contributed by atoms with Crippen molar-refractivity contribution in [1.82, 2.24) is 25.0 Å². The number of piperidine rings is 1. The molecular formula is C22H29N5OS. The highest BCUT2D eigenvalue weighted by molar-refractivity contribution is 7.13. The Bertz CT molecular complexity index is 1010. The van der Waals surface area contributed by atoms with Gasteiger partial charge in [0.2, 0.25) is 0 Å². The van der Waals surface area contributed by atoms with E-state index in [1.54, 1.807) is 16.0 Å². The number of likely N-dealkylation sites (tertiary alicyclic amines) is 1. The zero-order valence-electron chi connectivity index (χ0n) is 17.6. The molecule has 3 aromatic rings. The minimum absolute atomic E-state index is 0.0526. The highest BCUT2D eigenvalue weighted by atomic mass is 32.1. The molecule has 4 rings (SSSR count). The number of nitrogens with one attached hydrogen (secondary N) is 1. The van der Waals surface area contributed by atoms with Crippen molar-refractivity contribution < 1.29 is 4.79 Å². The molecule has 0 radical (unpaired) electrons. The van der Waals surface area contributed by atoms with Gasteiger partial charge in [0, 0.05) is 26.2 Å². The van der Waals surface area contributed by atoms with Crippen LogP contribution in [0.2, 0.25) is 0 Å². The van der Waals surface area contributed by atoms with E-state index in [-0.39, 0.29) is 5.91 Å². The van der Waals surface area contributed by atoms with Gasteiger partial charge in [-0.3, -0.25) is 14.4 Å². The number of hydrogen-bond donors (Lipinski definition) is 1. The first-order valence-electron chi connectivity index (χ1n) is 10.3. The summed E-state index contributed by atoms with van der Waals surface area (Å²) in [5, 5.41) is 10.5. The number of amides is 1. The van der Waals surface area contributed by atoms with E-state index in [0.29, 0.717) is 18.2 Å². The summed E-state index contributed by atoms with van der Waals surface area (Å²) < 4.78 is 1.76. The van der Waals surface area contributed by atoms with E-state index in [1.165, 1.54) is 12.8 Å².